The van der Waals surface area contributed by atoms with E-state index in [9.17, 15) is 4.79 Å². The molecule has 0 spiro atoms. The van der Waals surface area contributed by atoms with Gasteiger partial charge in [0.25, 0.3) is 0 Å². The summed E-state index contributed by atoms with van der Waals surface area (Å²) < 4.78 is 4.76. The fourth-order valence-corrected chi connectivity index (χ4v) is 2.32. The van der Waals surface area contributed by atoms with E-state index in [0.29, 0.717) is 6.54 Å². The molecule has 0 saturated carbocycles. The third kappa shape index (κ3) is 1.95. The van der Waals surface area contributed by atoms with Gasteiger partial charge in [-0.3, -0.25) is 4.79 Å². The van der Waals surface area contributed by atoms with Crippen LogP contribution in [0.15, 0.2) is 18.2 Å². The van der Waals surface area contributed by atoms with Crippen LogP contribution in [0.4, 0.5) is 0 Å². The van der Waals surface area contributed by atoms with Crippen LogP contribution in [0.3, 0.4) is 0 Å². The van der Waals surface area contributed by atoms with E-state index < -0.39 is 0 Å². The average Bonchev–Trinajstić information content (AvgIpc) is 2.77. The summed E-state index contributed by atoms with van der Waals surface area (Å²) in [5, 5.41) is 0. The Morgan fingerprint density at radius 3 is 2.88 bits per heavy atom. The minimum Gasteiger partial charge on any atom is -0.469 e. The highest BCUT2D eigenvalue weighted by atomic mass is 16.5. The molecule has 1 aliphatic rings. The largest absolute Gasteiger partial charge is 0.469 e. The number of methoxy groups -OCH3 is 1. The topological polar surface area (TPSA) is 52.3 Å². The van der Waals surface area contributed by atoms with Crippen LogP contribution in [0.1, 0.15) is 29.0 Å². The Hall–Kier alpha value is -1.35. The number of rotatable bonds is 3. The summed E-state index contributed by atoms with van der Waals surface area (Å²) in [6, 6.07) is 6.22. The molecule has 2 rings (SSSR count). The SMILES string of the molecule is COC(=O)C(CN)c1ccc2c(c1)CCC2. The van der Waals surface area contributed by atoms with Crippen LogP contribution in [-0.4, -0.2) is 19.6 Å². The van der Waals surface area contributed by atoms with Gasteiger partial charge in [0.05, 0.1) is 13.0 Å². The number of fused-ring (bicyclic) bond motifs is 1. The van der Waals surface area contributed by atoms with Gasteiger partial charge in [-0.1, -0.05) is 18.2 Å². The van der Waals surface area contributed by atoms with Crippen molar-refractivity contribution in [2.24, 2.45) is 5.73 Å². The predicted octanol–water partition coefficient (Wildman–Crippen LogP) is 1.39. The van der Waals surface area contributed by atoms with Crippen molar-refractivity contribution in [2.75, 3.05) is 13.7 Å². The fraction of sp³-hybridized carbons (Fsp3) is 0.462. The smallest absolute Gasteiger partial charge is 0.314 e. The van der Waals surface area contributed by atoms with E-state index in [1.165, 1.54) is 24.7 Å². The minimum absolute atomic E-state index is 0.250. The summed E-state index contributed by atoms with van der Waals surface area (Å²) in [5.41, 5.74) is 9.37. The van der Waals surface area contributed by atoms with E-state index in [4.69, 9.17) is 10.5 Å². The van der Waals surface area contributed by atoms with E-state index >= 15 is 0 Å². The van der Waals surface area contributed by atoms with Gasteiger partial charge in [-0.25, -0.2) is 0 Å². The summed E-state index contributed by atoms with van der Waals surface area (Å²) >= 11 is 0. The van der Waals surface area contributed by atoms with E-state index in [0.717, 1.165) is 18.4 Å². The van der Waals surface area contributed by atoms with Crippen molar-refractivity contribution in [2.45, 2.75) is 25.2 Å². The maximum atomic E-state index is 11.5. The average molecular weight is 219 g/mol. The number of aryl methyl sites for hydroxylation is 2. The number of ether oxygens (including phenoxy) is 1. The molecule has 1 aromatic rings. The Bertz CT molecular complexity index is 401. The maximum absolute atomic E-state index is 11.5. The van der Waals surface area contributed by atoms with E-state index in [2.05, 4.69) is 12.1 Å². The first-order valence-electron chi connectivity index (χ1n) is 5.66. The second-order valence-corrected chi connectivity index (χ2v) is 4.19. The summed E-state index contributed by atoms with van der Waals surface area (Å²) in [5.74, 6) is -0.573. The van der Waals surface area contributed by atoms with Crippen LogP contribution in [-0.2, 0) is 22.4 Å². The molecule has 1 unspecified atom stereocenters. The molecule has 0 bridgehead atoms. The summed E-state index contributed by atoms with van der Waals surface area (Å²) in [4.78, 5) is 11.5. The zero-order valence-corrected chi connectivity index (χ0v) is 9.53. The van der Waals surface area contributed by atoms with Crippen molar-refractivity contribution < 1.29 is 9.53 Å². The van der Waals surface area contributed by atoms with Crippen LogP contribution in [0.2, 0.25) is 0 Å². The van der Waals surface area contributed by atoms with Gasteiger partial charge >= 0.3 is 5.97 Å². The molecule has 0 heterocycles. The maximum Gasteiger partial charge on any atom is 0.314 e. The summed E-state index contributed by atoms with van der Waals surface area (Å²) in [6.45, 7) is 0.297. The van der Waals surface area contributed by atoms with Crippen molar-refractivity contribution in [3.8, 4) is 0 Å². The first-order chi connectivity index (χ1) is 7.76. The van der Waals surface area contributed by atoms with Gasteiger partial charge in [0.1, 0.15) is 0 Å². The normalized spacial score (nSPS) is 15.6. The second-order valence-electron chi connectivity index (χ2n) is 4.19. The highest BCUT2D eigenvalue weighted by Crippen LogP contribution is 2.26. The van der Waals surface area contributed by atoms with Crippen molar-refractivity contribution in [3.05, 3.63) is 34.9 Å². The molecular weight excluding hydrogens is 202 g/mol. The lowest BCUT2D eigenvalue weighted by Gasteiger charge is -2.13. The van der Waals surface area contributed by atoms with Crippen LogP contribution in [0.25, 0.3) is 0 Å². The molecule has 2 N–H and O–H groups in total. The number of carbonyl (C=O) groups excluding carboxylic acids is 1. The monoisotopic (exact) mass is 219 g/mol. The minimum atomic E-state index is -0.323. The predicted molar refractivity (Wildman–Crippen MR) is 62.3 cm³/mol. The molecule has 0 radical (unpaired) electrons. The standard InChI is InChI=1S/C13H17NO2/c1-16-13(15)12(8-14)11-6-5-9-3-2-4-10(9)7-11/h5-7,12H,2-4,8,14H2,1H3. The molecule has 1 aliphatic carbocycles. The summed E-state index contributed by atoms with van der Waals surface area (Å²) in [7, 11) is 1.40. The zero-order chi connectivity index (χ0) is 11.5. The molecule has 86 valence electrons. The highest BCUT2D eigenvalue weighted by molar-refractivity contribution is 5.78. The van der Waals surface area contributed by atoms with Crippen LogP contribution >= 0.6 is 0 Å². The van der Waals surface area contributed by atoms with E-state index in [1.807, 2.05) is 6.07 Å². The Morgan fingerprint density at radius 2 is 2.19 bits per heavy atom. The Balaban J connectivity index is 2.29. The van der Waals surface area contributed by atoms with Crippen molar-refractivity contribution in [1.82, 2.24) is 0 Å². The van der Waals surface area contributed by atoms with Crippen molar-refractivity contribution in [3.63, 3.8) is 0 Å². The highest BCUT2D eigenvalue weighted by Gasteiger charge is 2.21. The molecule has 1 atom stereocenters. The molecule has 0 aliphatic heterocycles. The lowest BCUT2D eigenvalue weighted by atomic mass is 9.96. The molecule has 3 nitrogen and oxygen atoms in total. The van der Waals surface area contributed by atoms with Crippen LogP contribution in [0, 0.1) is 0 Å². The number of hydrogen-bond acceptors (Lipinski definition) is 3. The van der Waals surface area contributed by atoms with E-state index in [1.54, 1.807) is 0 Å². The fourth-order valence-electron chi connectivity index (χ4n) is 2.32. The molecule has 1 aromatic carbocycles. The third-order valence-electron chi connectivity index (χ3n) is 3.25. The van der Waals surface area contributed by atoms with Crippen molar-refractivity contribution in [1.29, 1.82) is 0 Å². The van der Waals surface area contributed by atoms with Gasteiger partial charge in [0, 0.05) is 6.54 Å². The first kappa shape index (κ1) is 11.1. The Kier molecular flexibility index (Phi) is 3.25. The van der Waals surface area contributed by atoms with Gasteiger partial charge in [0.2, 0.25) is 0 Å². The van der Waals surface area contributed by atoms with Gasteiger partial charge in [-0.15, -0.1) is 0 Å². The molecule has 0 fully saturated rings. The van der Waals surface area contributed by atoms with Crippen molar-refractivity contribution >= 4 is 5.97 Å². The van der Waals surface area contributed by atoms with E-state index in [-0.39, 0.29) is 11.9 Å². The molecule has 0 amide bonds. The zero-order valence-electron chi connectivity index (χ0n) is 9.53. The van der Waals surface area contributed by atoms with Gasteiger partial charge in [0.15, 0.2) is 0 Å². The lowest BCUT2D eigenvalue weighted by Crippen LogP contribution is -2.22. The van der Waals surface area contributed by atoms with Crippen LogP contribution in [0.5, 0.6) is 0 Å². The second kappa shape index (κ2) is 4.66. The number of benzene rings is 1. The third-order valence-corrected chi connectivity index (χ3v) is 3.25. The number of hydrogen-bond donors (Lipinski definition) is 1. The lowest BCUT2D eigenvalue weighted by molar-refractivity contribution is -0.142. The van der Waals surface area contributed by atoms with Crippen LogP contribution < -0.4 is 5.73 Å². The molecule has 3 heteroatoms. The number of carbonyl (C=O) groups is 1. The quantitative estimate of drug-likeness (QED) is 0.782. The Labute approximate surface area is 95.6 Å². The molecule has 0 aromatic heterocycles. The molecular formula is C13H17NO2. The summed E-state index contributed by atoms with van der Waals surface area (Å²) in [6.07, 6.45) is 3.48. The molecule has 0 saturated heterocycles. The Morgan fingerprint density at radius 1 is 1.44 bits per heavy atom. The van der Waals surface area contributed by atoms with Gasteiger partial charge in [-0.2, -0.15) is 0 Å². The molecule has 16 heavy (non-hydrogen) atoms. The van der Waals surface area contributed by atoms with Gasteiger partial charge in [-0.05, 0) is 36.0 Å². The number of esters is 1. The number of nitrogens with two attached hydrogens (primary N) is 1. The van der Waals surface area contributed by atoms with Gasteiger partial charge < -0.3 is 10.5 Å². The first-order valence-corrected chi connectivity index (χ1v) is 5.66.